The van der Waals surface area contributed by atoms with Crippen molar-refractivity contribution in [2.24, 2.45) is 10.2 Å². The summed E-state index contributed by atoms with van der Waals surface area (Å²) < 4.78 is 1.36. The number of imidazole rings is 1. The molecule has 0 saturated heterocycles. The van der Waals surface area contributed by atoms with Crippen molar-refractivity contribution in [1.29, 1.82) is 5.26 Å². The number of aromatic nitrogens is 5. The molecule has 0 atom stereocenters. The van der Waals surface area contributed by atoms with Crippen molar-refractivity contribution in [3.05, 3.63) is 101 Å². The SMILES string of the molecule is N#Cc1cnn(-c2ccccn2)c1N=Nc1c(O)c(C(=O)Nc2ccc3[nH]c(=O)[nH]c3c2)cc2ccccc12. The number of pyridine rings is 1. The van der Waals surface area contributed by atoms with Gasteiger partial charge in [-0.05, 0) is 41.8 Å². The molecule has 0 radical (unpaired) electrons. The van der Waals surface area contributed by atoms with Crippen molar-refractivity contribution < 1.29 is 9.90 Å². The molecular weight excluding hydrogens is 498 g/mol. The predicted octanol–water partition coefficient (Wildman–Crippen LogP) is 4.84. The molecule has 6 aromatic rings. The molecule has 39 heavy (non-hydrogen) atoms. The molecule has 12 heteroatoms. The van der Waals surface area contributed by atoms with E-state index in [4.69, 9.17) is 0 Å². The highest BCUT2D eigenvalue weighted by atomic mass is 16.3. The van der Waals surface area contributed by atoms with Gasteiger partial charge in [-0.2, -0.15) is 15.0 Å². The van der Waals surface area contributed by atoms with E-state index < -0.39 is 11.7 Å². The normalized spacial score (nSPS) is 11.3. The number of carbonyl (C=O) groups is 1. The van der Waals surface area contributed by atoms with Crippen LogP contribution in [-0.2, 0) is 0 Å². The van der Waals surface area contributed by atoms with E-state index in [1.165, 1.54) is 10.9 Å². The molecule has 188 valence electrons. The number of benzene rings is 3. The number of nitrogens with one attached hydrogen (secondary N) is 3. The highest BCUT2D eigenvalue weighted by Crippen LogP contribution is 2.40. The lowest BCUT2D eigenvalue weighted by Crippen LogP contribution is -2.12. The van der Waals surface area contributed by atoms with E-state index in [1.807, 2.05) is 6.07 Å². The number of amides is 1. The van der Waals surface area contributed by atoms with Crippen LogP contribution >= 0.6 is 0 Å². The van der Waals surface area contributed by atoms with Crippen LogP contribution < -0.4 is 11.0 Å². The van der Waals surface area contributed by atoms with Crippen molar-refractivity contribution in [2.45, 2.75) is 0 Å². The van der Waals surface area contributed by atoms with Gasteiger partial charge in [0.25, 0.3) is 5.91 Å². The van der Waals surface area contributed by atoms with Gasteiger partial charge in [0.05, 0.1) is 22.8 Å². The number of aromatic amines is 2. The summed E-state index contributed by atoms with van der Waals surface area (Å²) >= 11 is 0. The predicted molar refractivity (Wildman–Crippen MR) is 143 cm³/mol. The second kappa shape index (κ2) is 9.41. The fraction of sp³-hybridized carbons (Fsp3) is 0. The fourth-order valence-electron chi connectivity index (χ4n) is 4.16. The number of hydrogen-bond acceptors (Lipinski definition) is 8. The van der Waals surface area contributed by atoms with Crippen LogP contribution in [0.5, 0.6) is 5.75 Å². The molecule has 12 nitrogen and oxygen atoms in total. The Kier molecular flexibility index (Phi) is 5.63. The van der Waals surface area contributed by atoms with E-state index in [2.05, 4.69) is 35.6 Å². The maximum absolute atomic E-state index is 13.3. The molecule has 0 bridgehead atoms. The van der Waals surface area contributed by atoms with Gasteiger partial charge in [-0.25, -0.2) is 9.78 Å². The van der Waals surface area contributed by atoms with Gasteiger partial charge in [0, 0.05) is 17.3 Å². The summed E-state index contributed by atoms with van der Waals surface area (Å²) in [7, 11) is 0. The first-order chi connectivity index (χ1) is 19.0. The lowest BCUT2D eigenvalue weighted by molar-refractivity contribution is 0.102. The number of nitriles is 1. The number of phenols is 1. The maximum atomic E-state index is 13.3. The van der Waals surface area contributed by atoms with Crippen molar-refractivity contribution in [3.63, 3.8) is 0 Å². The van der Waals surface area contributed by atoms with E-state index >= 15 is 0 Å². The van der Waals surface area contributed by atoms with Gasteiger partial charge < -0.3 is 20.4 Å². The quantitative estimate of drug-likeness (QED) is 0.239. The highest BCUT2D eigenvalue weighted by molar-refractivity contribution is 6.12. The Morgan fingerprint density at radius 1 is 1.03 bits per heavy atom. The van der Waals surface area contributed by atoms with Crippen molar-refractivity contribution in [3.8, 4) is 17.6 Å². The first-order valence-electron chi connectivity index (χ1n) is 11.6. The van der Waals surface area contributed by atoms with Crippen LogP contribution in [0.25, 0.3) is 27.6 Å². The molecular formula is C27H17N9O3. The third-order valence-electron chi connectivity index (χ3n) is 5.99. The first-order valence-corrected chi connectivity index (χ1v) is 11.6. The fourth-order valence-corrected chi connectivity index (χ4v) is 4.16. The van der Waals surface area contributed by atoms with Gasteiger partial charge in [-0.1, -0.05) is 30.3 Å². The number of anilines is 1. The van der Waals surface area contributed by atoms with Crippen LogP contribution in [0.2, 0.25) is 0 Å². The Morgan fingerprint density at radius 2 is 1.85 bits per heavy atom. The number of phenolic OH excluding ortho intramolecular Hbond substituents is 1. The molecule has 0 spiro atoms. The molecule has 4 N–H and O–H groups in total. The first kappa shape index (κ1) is 23.3. The number of azo groups is 1. The van der Waals surface area contributed by atoms with Gasteiger partial charge in [0.15, 0.2) is 17.4 Å². The molecule has 0 unspecified atom stereocenters. The van der Waals surface area contributed by atoms with Gasteiger partial charge in [-0.3, -0.25) is 4.79 Å². The van der Waals surface area contributed by atoms with E-state index in [-0.39, 0.29) is 28.3 Å². The van der Waals surface area contributed by atoms with Gasteiger partial charge in [-0.15, -0.1) is 10.2 Å². The summed E-state index contributed by atoms with van der Waals surface area (Å²) in [6.07, 6.45) is 2.93. The molecule has 3 heterocycles. The third-order valence-corrected chi connectivity index (χ3v) is 5.99. The minimum Gasteiger partial charge on any atom is -0.505 e. The lowest BCUT2D eigenvalue weighted by Gasteiger charge is -2.11. The Morgan fingerprint density at radius 3 is 2.67 bits per heavy atom. The summed E-state index contributed by atoms with van der Waals surface area (Å²) in [6, 6.07) is 20.8. The Bertz CT molecular complexity index is 2010. The third kappa shape index (κ3) is 4.25. The number of hydrogen-bond donors (Lipinski definition) is 4. The summed E-state index contributed by atoms with van der Waals surface area (Å²) in [5, 5.41) is 37.4. The second-order valence-electron chi connectivity index (χ2n) is 8.43. The largest absolute Gasteiger partial charge is 0.505 e. The van der Waals surface area contributed by atoms with Gasteiger partial charge in [0.1, 0.15) is 17.3 Å². The molecule has 0 aliphatic heterocycles. The maximum Gasteiger partial charge on any atom is 0.323 e. The zero-order valence-electron chi connectivity index (χ0n) is 20.0. The molecule has 0 fully saturated rings. The van der Waals surface area contributed by atoms with Crippen LogP contribution in [0.15, 0.2) is 94.1 Å². The van der Waals surface area contributed by atoms with Crippen molar-refractivity contribution in [2.75, 3.05) is 5.32 Å². The Balaban J connectivity index is 1.42. The van der Waals surface area contributed by atoms with Crippen LogP contribution in [0.4, 0.5) is 17.2 Å². The average molecular weight is 515 g/mol. The smallest absolute Gasteiger partial charge is 0.323 e. The van der Waals surface area contributed by atoms with E-state index in [9.17, 15) is 20.0 Å². The average Bonchev–Trinajstić information content (AvgIpc) is 3.54. The standard InChI is InChI=1S/C27H17N9O3/c28-13-16-14-30-36(22-7-3-4-10-29-22)25(16)35-34-23-18-6-2-1-5-15(18)11-19(24(23)37)26(38)31-17-8-9-20-21(12-17)33-27(39)32-20/h1-12,14,37H,(H,31,38)(H2,32,33,39). The van der Waals surface area contributed by atoms with E-state index in [1.54, 1.807) is 72.9 Å². The molecule has 6 rings (SSSR count). The second-order valence-corrected chi connectivity index (χ2v) is 8.43. The number of carbonyl (C=O) groups excluding carboxylic acids is 1. The number of nitrogens with zero attached hydrogens (tertiary/aromatic N) is 6. The minimum atomic E-state index is -0.594. The lowest BCUT2D eigenvalue weighted by atomic mass is 10.0. The van der Waals surface area contributed by atoms with Crippen LogP contribution in [-0.4, -0.2) is 35.7 Å². The van der Waals surface area contributed by atoms with Crippen LogP contribution in [0, 0.1) is 11.3 Å². The number of rotatable bonds is 5. The zero-order valence-corrected chi connectivity index (χ0v) is 20.0. The van der Waals surface area contributed by atoms with Crippen LogP contribution in [0.3, 0.4) is 0 Å². The summed E-state index contributed by atoms with van der Waals surface area (Å²) in [6.45, 7) is 0. The van der Waals surface area contributed by atoms with Crippen molar-refractivity contribution >= 4 is 44.9 Å². The molecule has 0 saturated carbocycles. The van der Waals surface area contributed by atoms with Crippen molar-refractivity contribution in [1.82, 2.24) is 24.7 Å². The Labute approximate surface area is 218 Å². The number of fused-ring (bicyclic) bond motifs is 2. The molecule has 3 aromatic heterocycles. The molecule has 3 aromatic carbocycles. The van der Waals surface area contributed by atoms with E-state index in [0.717, 1.165) is 0 Å². The Hall–Kier alpha value is -6.09. The van der Waals surface area contributed by atoms with Gasteiger partial charge in [0.2, 0.25) is 0 Å². The molecule has 1 amide bonds. The zero-order chi connectivity index (χ0) is 26.9. The number of aromatic hydroxyl groups is 1. The topological polar surface area (TPSA) is 177 Å². The summed E-state index contributed by atoms with van der Waals surface area (Å²) in [5.74, 6) is -0.448. The van der Waals surface area contributed by atoms with Gasteiger partial charge >= 0.3 is 5.69 Å². The monoisotopic (exact) mass is 515 g/mol. The minimum absolute atomic E-state index is 0.0379. The molecule has 0 aliphatic rings. The summed E-state index contributed by atoms with van der Waals surface area (Å²) in [4.78, 5) is 34.3. The number of H-pyrrole nitrogens is 2. The van der Waals surface area contributed by atoms with Crippen LogP contribution in [0.1, 0.15) is 15.9 Å². The van der Waals surface area contributed by atoms with E-state index in [0.29, 0.717) is 33.3 Å². The summed E-state index contributed by atoms with van der Waals surface area (Å²) in [5.41, 5.74) is 1.32. The molecule has 0 aliphatic carbocycles. The highest BCUT2D eigenvalue weighted by Gasteiger charge is 2.20.